The molecule has 2 aromatic heterocycles. The highest BCUT2D eigenvalue weighted by Crippen LogP contribution is 2.41. The van der Waals surface area contributed by atoms with E-state index < -0.39 is 0 Å². The predicted octanol–water partition coefficient (Wildman–Crippen LogP) is 10.8. The second-order valence-electron chi connectivity index (χ2n) is 10.7. The zero-order chi connectivity index (χ0) is 28.0. The maximum Gasteiger partial charge on any atom is 0.0548 e. The predicted molar refractivity (Wildman–Crippen MR) is 181 cm³/mol. The molecule has 6 aromatic carbocycles. The van der Waals surface area contributed by atoms with Crippen molar-refractivity contribution in [3.63, 3.8) is 0 Å². The minimum atomic E-state index is 1.12. The molecule has 2 heteroatoms. The molecule has 0 fully saturated rings. The van der Waals surface area contributed by atoms with Gasteiger partial charge in [-0.1, -0.05) is 116 Å². The van der Waals surface area contributed by atoms with E-state index in [0.717, 1.165) is 11.1 Å². The third-order valence-electron chi connectivity index (χ3n) is 8.31. The van der Waals surface area contributed by atoms with Gasteiger partial charge in [-0.05, 0) is 64.4 Å². The van der Waals surface area contributed by atoms with Crippen LogP contribution in [-0.2, 0) is 0 Å². The van der Waals surface area contributed by atoms with Crippen LogP contribution in [0.5, 0.6) is 0 Å². The number of rotatable bonds is 5. The molecule has 8 aromatic rings. The SMILES string of the molecule is C=C/C=C(\C=C/n1c2ccccc2c2c3c4ccccc4n(-c4ccc5ccccc5c4)c3ccc21)c1ccccc1. The van der Waals surface area contributed by atoms with Gasteiger partial charge in [-0.25, -0.2) is 0 Å². The van der Waals surface area contributed by atoms with E-state index in [1.807, 2.05) is 12.1 Å². The van der Waals surface area contributed by atoms with Crippen molar-refractivity contribution in [3.05, 3.63) is 164 Å². The Morgan fingerprint density at radius 2 is 1.19 bits per heavy atom. The van der Waals surface area contributed by atoms with Gasteiger partial charge < -0.3 is 9.13 Å². The van der Waals surface area contributed by atoms with Gasteiger partial charge >= 0.3 is 0 Å². The van der Waals surface area contributed by atoms with E-state index in [9.17, 15) is 0 Å². The Bertz CT molecular complexity index is 2360. The van der Waals surface area contributed by atoms with Gasteiger partial charge in [0.1, 0.15) is 0 Å². The maximum absolute atomic E-state index is 3.96. The molecule has 2 heterocycles. The fourth-order valence-corrected chi connectivity index (χ4v) is 6.46. The number of aromatic nitrogens is 2. The number of hydrogen-bond acceptors (Lipinski definition) is 0. The molecule has 198 valence electrons. The van der Waals surface area contributed by atoms with Crippen molar-refractivity contribution in [2.45, 2.75) is 0 Å². The molecule has 42 heavy (non-hydrogen) atoms. The van der Waals surface area contributed by atoms with E-state index in [0.29, 0.717) is 0 Å². The monoisotopic (exact) mass is 536 g/mol. The van der Waals surface area contributed by atoms with Crippen LogP contribution in [0.3, 0.4) is 0 Å². The van der Waals surface area contributed by atoms with E-state index in [1.165, 1.54) is 60.1 Å². The Kier molecular flexibility index (Phi) is 5.65. The number of nitrogens with zero attached hydrogens (tertiary/aromatic N) is 2. The van der Waals surface area contributed by atoms with Gasteiger partial charge in [0.25, 0.3) is 0 Å². The molecule has 2 nitrogen and oxygen atoms in total. The smallest absolute Gasteiger partial charge is 0.0548 e. The van der Waals surface area contributed by atoms with E-state index in [4.69, 9.17) is 0 Å². The summed E-state index contributed by atoms with van der Waals surface area (Å²) in [6, 6.07) is 47.9. The van der Waals surface area contributed by atoms with Gasteiger partial charge in [-0.2, -0.15) is 0 Å². The fraction of sp³-hybridized carbons (Fsp3) is 0. The summed E-state index contributed by atoms with van der Waals surface area (Å²) in [5.41, 5.74) is 8.24. The third kappa shape index (κ3) is 3.73. The van der Waals surface area contributed by atoms with Gasteiger partial charge in [0.2, 0.25) is 0 Å². The zero-order valence-corrected chi connectivity index (χ0v) is 23.1. The third-order valence-corrected chi connectivity index (χ3v) is 8.31. The van der Waals surface area contributed by atoms with E-state index >= 15 is 0 Å². The first kappa shape index (κ1) is 24.2. The average molecular weight is 537 g/mol. The molecule has 8 rings (SSSR count). The van der Waals surface area contributed by atoms with Crippen LogP contribution >= 0.6 is 0 Å². The van der Waals surface area contributed by atoms with Crippen molar-refractivity contribution in [1.29, 1.82) is 0 Å². The van der Waals surface area contributed by atoms with Gasteiger partial charge in [0, 0.05) is 33.4 Å². The van der Waals surface area contributed by atoms with Crippen LogP contribution in [0.15, 0.2) is 158 Å². The summed E-state index contributed by atoms with van der Waals surface area (Å²) >= 11 is 0. The number of allylic oxidation sites excluding steroid dienone is 4. The maximum atomic E-state index is 3.96. The summed E-state index contributed by atoms with van der Waals surface area (Å²) in [6.45, 7) is 3.96. The van der Waals surface area contributed by atoms with E-state index in [2.05, 4.69) is 161 Å². The number of hydrogen-bond donors (Lipinski definition) is 0. The summed E-state index contributed by atoms with van der Waals surface area (Å²) in [5.74, 6) is 0. The second-order valence-corrected chi connectivity index (χ2v) is 10.7. The molecule has 0 N–H and O–H groups in total. The van der Waals surface area contributed by atoms with Crippen LogP contribution in [0, 0.1) is 0 Å². The fourth-order valence-electron chi connectivity index (χ4n) is 6.46. The lowest BCUT2D eigenvalue weighted by Gasteiger charge is -2.09. The second kappa shape index (κ2) is 9.79. The normalized spacial score (nSPS) is 12.4. The van der Waals surface area contributed by atoms with Gasteiger partial charge in [0.15, 0.2) is 0 Å². The standard InChI is InChI=1S/C40H28N2/c1-2-12-28(29-13-4-3-5-14-29)25-26-41-35-19-10-8-17-33(35)39-37(41)23-24-38-40(39)34-18-9-11-20-36(34)42(38)32-22-21-30-15-6-7-16-31(30)27-32/h2-27H,1H2/b26-25-,28-12+. The number of para-hydroxylation sites is 2. The summed E-state index contributed by atoms with van der Waals surface area (Å²) in [7, 11) is 0. The molecule has 0 radical (unpaired) electrons. The topological polar surface area (TPSA) is 9.86 Å². The lowest BCUT2D eigenvalue weighted by atomic mass is 10.1. The lowest BCUT2D eigenvalue weighted by Crippen LogP contribution is -1.93. The highest BCUT2D eigenvalue weighted by Gasteiger charge is 2.19. The van der Waals surface area contributed by atoms with Crippen molar-refractivity contribution in [3.8, 4) is 5.69 Å². The molecule has 0 bridgehead atoms. The van der Waals surface area contributed by atoms with Gasteiger partial charge in [-0.15, -0.1) is 0 Å². The van der Waals surface area contributed by atoms with Crippen LogP contribution in [0.1, 0.15) is 5.56 Å². The molecule has 0 aliphatic heterocycles. The van der Waals surface area contributed by atoms with Gasteiger partial charge in [-0.3, -0.25) is 0 Å². The Balaban J connectivity index is 1.42. The van der Waals surface area contributed by atoms with Crippen molar-refractivity contribution >= 4 is 66.2 Å². The number of benzene rings is 6. The zero-order valence-electron chi connectivity index (χ0n) is 23.1. The van der Waals surface area contributed by atoms with Crippen LogP contribution in [0.4, 0.5) is 0 Å². The van der Waals surface area contributed by atoms with E-state index in [1.54, 1.807) is 0 Å². The Morgan fingerprint density at radius 3 is 2.00 bits per heavy atom. The molecular weight excluding hydrogens is 508 g/mol. The van der Waals surface area contributed by atoms with Gasteiger partial charge in [0.05, 0.1) is 22.1 Å². The first-order chi connectivity index (χ1) is 20.8. The Labute approximate surface area is 244 Å². The molecular formula is C40H28N2. The van der Waals surface area contributed by atoms with Crippen molar-refractivity contribution in [2.75, 3.05) is 0 Å². The number of fused-ring (bicyclic) bond motifs is 8. The summed E-state index contributed by atoms with van der Waals surface area (Å²) < 4.78 is 4.74. The summed E-state index contributed by atoms with van der Waals surface area (Å²) in [5, 5.41) is 7.56. The van der Waals surface area contributed by atoms with Crippen LogP contribution in [0.25, 0.3) is 71.8 Å². The molecule has 0 unspecified atom stereocenters. The first-order valence-corrected chi connectivity index (χ1v) is 14.3. The largest absolute Gasteiger partial charge is 0.316 e. The van der Waals surface area contributed by atoms with Crippen molar-refractivity contribution < 1.29 is 0 Å². The van der Waals surface area contributed by atoms with Crippen LogP contribution in [-0.4, -0.2) is 9.13 Å². The molecule has 0 aliphatic carbocycles. The Hall–Kier alpha value is -5.60. The quantitative estimate of drug-likeness (QED) is 0.194. The molecule has 0 spiro atoms. The first-order valence-electron chi connectivity index (χ1n) is 14.3. The van der Waals surface area contributed by atoms with Crippen molar-refractivity contribution in [2.24, 2.45) is 0 Å². The van der Waals surface area contributed by atoms with Crippen molar-refractivity contribution in [1.82, 2.24) is 9.13 Å². The van der Waals surface area contributed by atoms with E-state index in [-0.39, 0.29) is 0 Å². The van der Waals surface area contributed by atoms with Crippen LogP contribution < -0.4 is 0 Å². The average Bonchev–Trinajstić information content (AvgIpc) is 3.56. The van der Waals surface area contributed by atoms with Crippen LogP contribution in [0.2, 0.25) is 0 Å². The summed E-state index contributed by atoms with van der Waals surface area (Å²) in [4.78, 5) is 0. The molecule has 0 saturated carbocycles. The summed E-state index contributed by atoms with van der Waals surface area (Å²) in [6.07, 6.45) is 8.30. The molecule has 0 aliphatic rings. The highest BCUT2D eigenvalue weighted by atomic mass is 15.0. The minimum Gasteiger partial charge on any atom is -0.316 e. The molecule has 0 atom stereocenters. The molecule has 0 saturated heterocycles. The highest BCUT2D eigenvalue weighted by molar-refractivity contribution is 6.29. The molecule has 0 amide bonds. The Morgan fingerprint density at radius 1 is 0.548 bits per heavy atom. The minimum absolute atomic E-state index is 1.12. The lowest BCUT2D eigenvalue weighted by molar-refractivity contribution is 1.19.